The molecule has 0 bridgehead atoms. The number of alkyl halides is 11. The number of hydrogen-bond acceptors (Lipinski definition) is 16. The van der Waals surface area contributed by atoms with Gasteiger partial charge in [0.15, 0.2) is 45.8 Å². The number of nitrogens with two attached hydrogens (primary N) is 1. The van der Waals surface area contributed by atoms with Crippen molar-refractivity contribution in [3.8, 4) is 0 Å². The molecule has 6 heterocycles. The molecule has 12 rings (SSSR count). The normalized spacial score (nSPS) is 18.7. The fourth-order valence-corrected chi connectivity index (χ4v) is 17.7. The smallest absolute Gasteiger partial charge is 0.405 e. The van der Waals surface area contributed by atoms with E-state index in [2.05, 4.69) is 15.5 Å². The van der Waals surface area contributed by atoms with Gasteiger partial charge in [-0.15, -0.1) is 57.2 Å². The van der Waals surface area contributed by atoms with Gasteiger partial charge in [0.1, 0.15) is 41.6 Å². The molecule has 0 fully saturated rings. The average Bonchev–Trinajstić information content (AvgIpc) is 1.62. The zero-order chi connectivity index (χ0) is 80.6. The predicted molar refractivity (Wildman–Crippen MR) is 394 cm³/mol. The third-order valence-corrected chi connectivity index (χ3v) is 23.3. The van der Waals surface area contributed by atoms with Crippen molar-refractivity contribution in [3.05, 3.63) is 163 Å². The van der Waals surface area contributed by atoms with Gasteiger partial charge in [-0.25, -0.2) is 18.0 Å². The lowest BCUT2D eigenvalue weighted by molar-refractivity contribution is -0.138. The maximum atomic E-state index is 13.9. The summed E-state index contributed by atoms with van der Waals surface area (Å²) in [5.41, 5.74) is 11.5. The van der Waals surface area contributed by atoms with Gasteiger partial charge in [-0.2, -0.15) is 39.5 Å². The number of carboxylic acid groups (broad SMARTS) is 1. The van der Waals surface area contributed by atoms with Crippen LogP contribution in [0.4, 0.5) is 52.7 Å². The molecule has 3 aromatic carbocycles. The van der Waals surface area contributed by atoms with Crippen LogP contribution in [0.25, 0.3) is 0 Å². The van der Waals surface area contributed by atoms with Crippen LogP contribution in [0.3, 0.4) is 0 Å². The minimum atomic E-state index is -4.51. The highest BCUT2D eigenvalue weighted by Gasteiger charge is 2.44. The van der Waals surface area contributed by atoms with Crippen LogP contribution in [0.15, 0.2) is 51.9 Å². The highest BCUT2D eigenvalue weighted by atomic mass is 35.5. The molecule has 3 atom stereocenters. The Hall–Kier alpha value is -6.17. The number of thiophene rings is 3. The molecule has 0 radical (unpaired) electrons. The van der Waals surface area contributed by atoms with E-state index in [0.29, 0.717) is 80.6 Å². The molecule has 6 N–H and O–H groups in total. The molecule has 592 valence electrons. The summed E-state index contributed by atoms with van der Waals surface area (Å²) in [5.74, 6) is -6.05. The molecule has 3 aliphatic carbocycles. The Bertz CT molecular complexity index is 4340. The summed E-state index contributed by atoms with van der Waals surface area (Å²) in [6, 6.07) is 8.75. The van der Waals surface area contributed by atoms with Crippen LogP contribution >= 0.6 is 127 Å². The predicted octanol–water partition coefficient (Wildman–Crippen LogP) is 19.2. The fraction of sp³-hybridized carbons (Fsp3) is 0.435. The second kappa shape index (κ2) is 36.8. The number of aromatic carboxylic acids is 1. The SMILES string of the molecule is CC1(c2cc(Cl)c(F)c(Cl)c2)CC(c2sc(C(=O)CCC(=O)NCC(F)(F)F)c3c2CCC3)=NO1.CC1(c2cc(Cl)c(F)c(Cl)c2)CC(c2sc(C(=O)O)c3c2CCC3)=NO1.C[C@@]1(c2cc(Cl)c(F)c(Cl)c2)CC(c2sc(C(=O)CCC(=O)NCC(F)(F)F)c3c2CCC3)=NO1.ClCCl.NCC(=O)NCC(F)(F)F. The van der Waals surface area contributed by atoms with E-state index >= 15 is 0 Å². The Kier molecular flexibility index (Phi) is 29.8. The zero-order valence-corrected chi connectivity index (χ0v) is 65.6. The van der Waals surface area contributed by atoms with Crippen molar-refractivity contribution in [2.45, 2.75) is 159 Å². The first-order chi connectivity index (χ1) is 50.9. The monoisotopic (exact) mass is 1750 g/mol. The molecule has 0 saturated heterocycles. The first-order valence-electron chi connectivity index (χ1n) is 32.7. The van der Waals surface area contributed by atoms with Crippen LogP contribution in [0.1, 0.15) is 179 Å². The summed E-state index contributed by atoms with van der Waals surface area (Å²) < 4.78 is 149. The third kappa shape index (κ3) is 22.4. The second-order valence-corrected chi connectivity index (χ2v) is 32.0. The molecule has 6 aliphatic rings. The largest absolute Gasteiger partial charge is 0.477 e. The maximum absolute atomic E-state index is 13.9. The number of carbonyl (C=O) groups is 6. The summed E-state index contributed by atoms with van der Waals surface area (Å²) in [5, 5.41) is 26.8. The summed E-state index contributed by atoms with van der Waals surface area (Å²) in [7, 11) is 0. The number of halogens is 20. The molecule has 2 unspecified atom stereocenters. The molecule has 6 aromatic rings. The number of amides is 3. The summed E-state index contributed by atoms with van der Waals surface area (Å²) >= 11 is 48.9. The van der Waals surface area contributed by atoms with Gasteiger partial charge in [0.25, 0.3) is 0 Å². The number of rotatable bonds is 19. The second-order valence-electron chi connectivity index (χ2n) is 25.7. The quantitative estimate of drug-likeness (QED) is 0.0221. The van der Waals surface area contributed by atoms with Gasteiger partial charge in [-0.05, 0) is 148 Å². The number of carbonyl (C=O) groups excluding carboxylic acids is 5. The van der Waals surface area contributed by atoms with Gasteiger partial charge in [-0.1, -0.05) is 85.1 Å². The van der Waals surface area contributed by atoms with Gasteiger partial charge in [0, 0.05) is 61.6 Å². The van der Waals surface area contributed by atoms with E-state index in [1.165, 1.54) is 70.4 Å². The molecule has 3 aliphatic heterocycles. The van der Waals surface area contributed by atoms with Crippen LogP contribution in [0.2, 0.25) is 30.1 Å². The molecular weight excluding hydrogens is 1690 g/mol. The van der Waals surface area contributed by atoms with E-state index in [1.54, 1.807) is 29.8 Å². The molecule has 0 spiro atoms. The number of nitrogens with zero attached hydrogens (tertiary/aromatic N) is 3. The molecule has 3 aromatic heterocycles. The lowest BCUT2D eigenvalue weighted by Gasteiger charge is -2.22. The number of Topliss-reactive ketones (excluding diaryl/α,β-unsaturated/α-hetero) is 2. The number of benzene rings is 3. The highest BCUT2D eigenvalue weighted by Crippen LogP contribution is 2.48. The number of nitrogens with one attached hydrogen (secondary N) is 3. The van der Waals surface area contributed by atoms with Crippen LogP contribution in [-0.2, 0) is 84.2 Å². The summed E-state index contributed by atoms with van der Waals surface area (Å²) in [6.45, 7) is 0.795. The average molecular weight is 1760 g/mol. The number of fused-ring (bicyclic) bond motifs is 3. The van der Waals surface area contributed by atoms with E-state index in [9.17, 15) is 86.6 Å². The standard InChI is InChI=1S/2C23H20Cl2F4N2O3S.C18H14Cl2FNO3S.C4H7F3N2O.CH2Cl2/c2*1-22(11-7-14(24)19(26)15(25)8-11)9-16(31-34-22)20-12-3-2-4-13(12)21(35-20)17(32)5-6-18(33)30-10-23(27,28)29;1-18(8-5-11(19)14(21)12(20)6-8)7-13(22-25-18)15-9-3-2-4-10(9)16(26-15)17(23)24;5-4(6,7)2-9-3(10)1-8;2-1-3/h2*7-8H,2-6,9-10H2,1H3,(H,30,33);5-6H,2-4,7H2,1H3,(H,23,24);1-2,8H2,(H,9,10);1H2/t22-;;;;/m0..../s1. The number of carboxylic acids is 1. The first kappa shape index (κ1) is 88.4. The van der Waals surface area contributed by atoms with Crippen molar-refractivity contribution in [1.29, 1.82) is 0 Å². The van der Waals surface area contributed by atoms with Gasteiger partial charge >= 0.3 is 24.5 Å². The van der Waals surface area contributed by atoms with Gasteiger partial charge in [0.2, 0.25) is 17.7 Å². The Balaban J connectivity index is 0.000000192. The lowest BCUT2D eigenvalue weighted by atomic mass is 9.90. The van der Waals surface area contributed by atoms with Crippen LogP contribution < -0.4 is 21.7 Å². The number of oxime groups is 3. The molecule has 0 saturated carbocycles. The topological polar surface area (TPSA) is 250 Å². The van der Waals surface area contributed by atoms with Gasteiger partial charge < -0.3 is 41.3 Å². The summed E-state index contributed by atoms with van der Waals surface area (Å²) in [4.78, 5) is 91.8. The molecule has 40 heteroatoms. The van der Waals surface area contributed by atoms with Crippen molar-refractivity contribution in [1.82, 2.24) is 16.0 Å². The Labute approximate surface area is 666 Å². The highest BCUT2D eigenvalue weighted by molar-refractivity contribution is 7.17. The van der Waals surface area contributed by atoms with Crippen molar-refractivity contribution in [2.75, 3.05) is 31.5 Å². The minimum absolute atomic E-state index is 0.0732. The van der Waals surface area contributed by atoms with Crippen LogP contribution in [-0.4, -0.2) is 108 Å². The summed E-state index contributed by atoms with van der Waals surface area (Å²) in [6.07, 6.45) is -6.13. The van der Waals surface area contributed by atoms with E-state index < -0.39 is 103 Å². The first-order valence-corrected chi connectivity index (χ1v) is 38.5. The van der Waals surface area contributed by atoms with Crippen molar-refractivity contribution in [3.63, 3.8) is 0 Å². The Morgan fingerprint density at radius 3 is 0.954 bits per heavy atom. The number of ketones is 2. The molecule has 17 nitrogen and oxygen atoms in total. The third-order valence-electron chi connectivity index (χ3n) is 17.6. The van der Waals surface area contributed by atoms with Crippen LogP contribution in [0, 0.1) is 17.5 Å². The van der Waals surface area contributed by atoms with Gasteiger partial charge in [0.05, 0.1) is 66.4 Å². The lowest BCUT2D eigenvalue weighted by Crippen LogP contribution is -2.37. The molecule has 109 heavy (non-hydrogen) atoms. The van der Waals surface area contributed by atoms with Crippen LogP contribution in [0.5, 0.6) is 0 Å². The van der Waals surface area contributed by atoms with Crippen molar-refractivity contribution >= 4 is 179 Å². The van der Waals surface area contributed by atoms with E-state index in [1.807, 2.05) is 6.92 Å². The van der Waals surface area contributed by atoms with E-state index in [0.717, 1.165) is 93.0 Å². The fourth-order valence-electron chi connectivity index (χ4n) is 12.3. The maximum Gasteiger partial charge on any atom is 0.405 e. The molecule has 3 amide bonds. The Morgan fingerprint density at radius 1 is 0.450 bits per heavy atom. The Morgan fingerprint density at radius 2 is 0.697 bits per heavy atom. The number of hydrogen-bond donors (Lipinski definition) is 5. The van der Waals surface area contributed by atoms with Gasteiger partial charge in [-0.3, -0.25) is 24.0 Å². The minimum Gasteiger partial charge on any atom is -0.477 e. The van der Waals surface area contributed by atoms with E-state index in [4.69, 9.17) is 113 Å². The molecular formula is C69H63Cl8F12N7O10S3. The van der Waals surface area contributed by atoms with Crippen molar-refractivity contribution < 1.29 is 101 Å². The van der Waals surface area contributed by atoms with E-state index in [-0.39, 0.29) is 72.7 Å². The van der Waals surface area contributed by atoms with Crippen molar-refractivity contribution in [2.24, 2.45) is 21.2 Å². The zero-order valence-electron chi connectivity index (χ0n) is 57.1.